The monoisotopic (exact) mass is 479 g/mol. The maximum Gasteiger partial charge on any atom is 0.340 e. The third-order valence-electron chi connectivity index (χ3n) is 5.36. The molecule has 2 N–H and O–H groups in total. The summed E-state index contributed by atoms with van der Waals surface area (Å²) in [7, 11) is -3.75. The van der Waals surface area contributed by atoms with Crippen LogP contribution in [0.2, 0.25) is 0 Å². The smallest absolute Gasteiger partial charge is 0.340 e. The Morgan fingerprint density at radius 3 is 2.65 bits per heavy atom. The van der Waals surface area contributed by atoms with Crippen LogP contribution in [0.4, 0.5) is 17.2 Å². The molecule has 2 aromatic carbocycles. The number of ether oxygens (including phenoxy) is 1. The van der Waals surface area contributed by atoms with E-state index in [1.165, 1.54) is 6.33 Å². The Hall–Kier alpha value is -3.92. The predicted molar refractivity (Wildman–Crippen MR) is 130 cm³/mol. The number of aromatic nitrogens is 3. The third kappa shape index (κ3) is 4.58. The number of fused-ring (bicyclic) bond motifs is 1. The molecule has 0 saturated carbocycles. The van der Waals surface area contributed by atoms with Gasteiger partial charge in [0.1, 0.15) is 11.8 Å². The van der Waals surface area contributed by atoms with E-state index in [2.05, 4.69) is 20.1 Å². The Morgan fingerprint density at radius 2 is 1.91 bits per heavy atom. The molecule has 34 heavy (non-hydrogen) atoms. The molecular formula is C24H25N5O4S. The number of hydrogen-bond acceptors (Lipinski definition) is 7. The minimum Gasteiger partial charge on any atom is -0.462 e. The summed E-state index contributed by atoms with van der Waals surface area (Å²) in [5.41, 5.74) is 4.49. The highest BCUT2D eigenvalue weighted by atomic mass is 32.2. The molecule has 4 aromatic rings. The van der Waals surface area contributed by atoms with Crippen molar-refractivity contribution in [3.63, 3.8) is 0 Å². The topological polar surface area (TPSA) is 115 Å². The lowest BCUT2D eigenvalue weighted by Gasteiger charge is -2.14. The van der Waals surface area contributed by atoms with Gasteiger partial charge in [-0.2, -0.15) is 5.10 Å². The van der Waals surface area contributed by atoms with Crippen molar-refractivity contribution in [2.45, 2.75) is 32.6 Å². The molecule has 0 saturated heterocycles. The quantitative estimate of drug-likeness (QED) is 0.378. The van der Waals surface area contributed by atoms with Crippen molar-refractivity contribution >= 4 is 38.7 Å². The molecule has 176 valence electrons. The molecule has 9 nitrogen and oxygen atoms in total. The fraction of sp³-hybridized carbons (Fsp3) is 0.208. The van der Waals surface area contributed by atoms with Crippen LogP contribution in [-0.4, -0.2) is 35.6 Å². The van der Waals surface area contributed by atoms with Crippen LogP contribution in [0.1, 0.15) is 34.0 Å². The molecule has 0 unspecified atom stereocenters. The Balaban J connectivity index is 1.68. The minimum absolute atomic E-state index is 0.190. The first-order valence-electron chi connectivity index (χ1n) is 10.7. The Bertz CT molecular complexity index is 1490. The van der Waals surface area contributed by atoms with Gasteiger partial charge in [-0.3, -0.25) is 4.72 Å². The third-order valence-corrected chi connectivity index (χ3v) is 6.74. The molecule has 0 bridgehead atoms. The first-order valence-corrected chi connectivity index (χ1v) is 12.1. The predicted octanol–water partition coefficient (Wildman–Crippen LogP) is 4.38. The SMILES string of the molecule is CCOC(=O)c1cn2ncnc(Nc3cc(NS(=O)(=O)c4cccc(C)c4)ccc3C)c2c1C. The van der Waals surface area contributed by atoms with Gasteiger partial charge >= 0.3 is 5.97 Å². The molecular weight excluding hydrogens is 454 g/mol. The van der Waals surface area contributed by atoms with Crippen LogP contribution < -0.4 is 10.0 Å². The molecule has 4 rings (SSSR count). The van der Waals surface area contributed by atoms with Gasteiger partial charge in [-0.1, -0.05) is 18.2 Å². The molecule has 0 radical (unpaired) electrons. The largest absolute Gasteiger partial charge is 0.462 e. The van der Waals surface area contributed by atoms with Crippen LogP contribution in [0.3, 0.4) is 0 Å². The van der Waals surface area contributed by atoms with Crippen LogP contribution >= 0.6 is 0 Å². The van der Waals surface area contributed by atoms with Gasteiger partial charge < -0.3 is 10.1 Å². The van der Waals surface area contributed by atoms with E-state index in [4.69, 9.17) is 4.74 Å². The lowest BCUT2D eigenvalue weighted by atomic mass is 10.1. The van der Waals surface area contributed by atoms with Crippen LogP contribution in [0.5, 0.6) is 0 Å². The van der Waals surface area contributed by atoms with E-state index in [0.717, 1.165) is 11.1 Å². The van der Waals surface area contributed by atoms with Crippen molar-refractivity contribution in [3.8, 4) is 0 Å². The Morgan fingerprint density at radius 1 is 1.12 bits per heavy atom. The average Bonchev–Trinajstić information content (AvgIpc) is 3.13. The number of esters is 1. The van der Waals surface area contributed by atoms with E-state index >= 15 is 0 Å². The van der Waals surface area contributed by atoms with Gasteiger partial charge in [0.05, 0.1) is 22.8 Å². The van der Waals surface area contributed by atoms with E-state index in [9.17, 15) is 13.2 Å². The number of benzene rings is 2. The number of rotatable bonds is 7. The number of aryl methyl sites for hydroxylation is 3. The van der Waals surface area contributed by atoms with Crippen molar-refractivity contribution in [1.82, 2.24) is 14.6 Å². The summed E-state index contributed by atoms with van der Waals surface area (Å²) >= 11 is 0. The number of carbonyl (C=O) groups excluding carboxylic acids is 1. The Labute approximate surface area is 197 Å². The number of nitrogens with zero attached hydrogens (tertiary/aromatic N) is 3. The maximum atomic E-state index is 12.8. The fourth-order valence-electron chi connectivity index (χ4n) is 3.61. The zero-order valence-corrected chi connectivity index (χ0v) is 20.1. The molecule has 0 spiro atoms. The van der Waals surface area contributed by atoms with Crippen LogP contribution in [0, 0.1) is 20.8 Å². The van der Waals surface area contributed by atoms with Crippen molar-refractivity contribution in [2.75, 3.05) is 16.6 Å². The number of carbonyl (C=O) groups is 1. The summed E-state index contributed by atoms with van der Waals surface area (Å²) in [5, 5.41) is 7.46. The fourth-order valence-corrected chi connectivity index (χ4v) is 4.76. The zero-order valence-electron chi connectivity index (χ0n) is 19.3. The molecule has 0 aliphatic heterocycles. The first-order chi connectivity index (χ1) is 16.2. The Kier molecular flexibility index (Phi) is 6.25. The molecule has 2 aromatic heterocycles. The highest BCUT2D eigenvalue weighted by Gasteiger charge is 2.20. The van der Waals surface area contributed by atoms with Crippen molar-refractivity contribution in [2.24, 2.45) is 0 Å². The summed E-state index contributed by atoms with van der Waals surface area (Å²) in [6, 6.07) is 11.9. The average molecular weight is 480 g/mol. The van der Waals surface area contributed by atoms with E-state index in [0.29, 0.717) is 33.8 Å². The van der Waals surface area contributed by atoms with E-state index < -0.39 is 16.0 Å². The van der Waals surface area contributed by atoms with Gasteiger partial charge in [0.2, 0.25) is 0 Å². The molecule has 0 aliphatic rings. The summed E-state index contributed by atoms with van der Waals surface area (Å²) in [5.74, 6) is 0.0463. The number of sulfonamides is 1. The number of anilines is 3. The van der Waals surface area contributed by atoms with Crippen LogP contribution in [0.25, 0.3) is 5.52 Å². The zero-order chi connectivity index (χ0) is 24.5. The maximum absolute atomic E-state index is 12.8. The van der Waals surface area contributed by atoms with Crippen molar-refractivity contribution in [1.29, 1.82) is 0 Å². The summed E-state index contributed by atoms with van der Waals surface area (Å²) in [6.45, 7) is 7.56. The summed E-state index contributed by atoms with van der Waals surface area (Å²) in [6.07, 6.45) is 2.98. The number of nitrogens with one attached hydrogen (secondary N) is 2. The van der Waals surface area contributed by atoms with Gasteiger partial charge in [0.25, 0.3) is 10.0 Å². The summed E-state index contributed by atoms with van der Waals surface area (Å²) < 4.78 is 35.0. The molecule has 10 heteroatoms. The van der Waals surface area contributed by atoms with E-state index in [1.807, 2.05) is 26.0 Å². The van der Waals surface area contributed by atoms with Crippen LogP contribution in [-0.2, 0) is 14.8 Å². The second-order valence-corrected chi connectivity index (χ2v) is 9.55. The highest BCUT2D eigenvalue weighted by molar-refractivity contribution is 7.92. The second-order valence-electron chi connectivity index (χ2n) is 7.87. The van der Waals surface area contributed by atoms with Gasteiger partial charge in [0.15, 0.2) is 5.82 Å². The van der Waals surface area contributed by atoms with Gasteiger partial charge in [-0.05, 0) is 68.7 Å². The standard InChI is InChI=1S/C24H25N5O4S/c1-5-33-24(30)20-13-29-22(17(20)4)23(25-14-26-29)27-21-12-18(10-9-16(21)3)28-34(31,32)19-8-6-7-15(2)11-19/h6-14,28H,5H2,1-4H3,(H,25,26,27). The first kappa shape index (κ1) is 23.2. The van der Waals surface area contributed by atoms with Gasteiger partial charge in [-0.25, -0.2) is 22.7 Å². The second kappa shape index (κ2) is 9.14. The minimum atomic E-state index is -3.75. The van der Waals surface area contributed by atoms with Gasteiger partial charge in [-0.15, -0.1) is 0 Å². The highest BCUT2D eigenvalue weighted by Crippen LogP contribution is 2.29. The molecule has 0 atom stereocenters. The van der Waals surface area contributed by atoms with E-state index in [-0.39, 0.29) is 11.5 Å². The molecule has 0 amide bonds. The molecule has 2 heterocycles. The van der Waals surface area contributed by atoms with Gasteiger partial charge in [0, 0.05) is 11.9 Å². The van der Waals surface area contributed by atoms with Crippen molar-refractivity contribution < 1.29 is 17.9 Å². The lowest BCUT2D eigenvalue weighted by molar-refractivity contribution is 0.0525. The summed E-state index contributed by atoms with van der Waals surface area (Å²) in [4.78, 5) is 16.8. The normalized spacial score (nSPS) is 11.4. The van der Waals surface area contributed by atoms with Crippen molar-refractivity contribution in [3.05, 3.63) is 77.2 Å². The molecule has 0 fully saturated rings. The number of hydrogen-bond donors (Lipinski definition) is 2. The van der Waals surface area contributed by atoms with Crippen LogP contribution in [0.15, 0.2) is 59.9 Å². The van der Waals surface area contributed by atoms with E-state index in [1.54, 1.807) is 54.9 Å². The molecule has 0 aliphatic carbocycles. The lowest BCUT2D eigenvalue weighted by Crippen LogP contribution is -2.13.